The molecule has 0 aromatic heterocycles. The zero-order chi connectivity index (χ0) is 33.7. The maximum absolute atomic E-state index is 10.6. The first-order valence-electron chi connectivity index (χ1n) is 13.9. The highest BCUT2D eigenvalue weighted by molar-refractivity contribution is 5.56. The van der Waals surface area contributed by atoms with Gasteiger partial charge < -0.3 is 105 Å². The lowest BCUT2D eigenvalue weighted by atomic mass is 9.98. The molecular weight excluding hydrogens is 624 g/mol. The van der Waals surface area contributed by atoms with Crippen molar-refractivity contribution >= 4 is 6.29 Å². The zero-order valence-electron chi connectivity index (χ0n) is 23.5. The van der Waals surface area contributed by atoms with Crippen molar-refractivity contribution in [2.45, 2.75) is 117 Å². The van der Waals surface area contributed by atoms with Gasteiger partial charge in [0.1, 0.15) is 97.7 Å². The van der Waals surface area contributed by atoms with E-state index in [1.807, 2.05) is 0 Å². The van der Waals surface area contributed by atoms with Crippen LogP contribution < -0.4 is 0 Å². The summed E-state index contributed by atoms with van der Waals surface area (Å²) < 4.78 is 31.9. The van der Waals surface area contributed by atoms with Crippen molar-refractivity contribution in [3.05, 3.63) is 0 Å². The second-order valence-electron chi connectivity index (χ2n) is 10.9. The number of hydrogen-bond acceptors (Lipinski definition) is 21. The van der Waals surface area contributed by atoms with Gasteiger partial charge in [-0.3, -0.25) is 0 Å². The molecule has 0 aromatic carbocycles. The van der Waals surface area contributed by atoms with Gasteiger partial charge >= 0.3 is 0 Å². The molecule has 19 atom stereocenters. The average Bonchev–Trinajstić information content (AvgIpc) is 3.03. The highest BCUT2D eigenvalue weighted by Crippen LogP contribution is 2.28. The van der Waals surface area contributed by atoms with Crippen molar-refractivity contribution in [2.75, 3.05) is 26.4 Å². The second-order valence-corrected chi connectivity index (χ2v) is 10.9. The molecule has 3 fully saturated rings. The number of aliphatic hydroxyl groups is 14. The van der Waals surface area contributed by atoms with Crippen LogP contribution in [0.4, 0.5) is 0 Å². The topological polar surface area (TPSA) is 356 Å². The van der Waals surface area contributed by atoms with E-state index < -0.39 is 143 Å². The first-order valence-corrected chi connectivity index (χ1v) is 13.9. The Morgan fingerprint density at radius 2 is 0.911 bits per heavy atom. The molecule has 0 aliphatic carbocycles. The molecule has 3 heterocycles. The van der Waals surface area contributed by atoms with Crippen LogP contribution in [0.1, 0.15) is 0 Å². The van der Waals surface area contributed by atoms with Crippen molar-refractivity contribution in [3.63, 3.8) is 0 Å². The molecule has 14 N–H and O–H groups in total. The third-order valence-corrected chi connectivity index (χ3v) is 7.70. The Morgan fingerprint density at radius 3 is 1.31 bits per heavy atom. The minimum absolute atomic E-state index is 0.0835. The third kappa shape index (κ3) is 8.87. The fourth-order valence-electron chi connectivity index (χ4n) is 4.77. The number of hydrogen-bond donors (Lipinski definition) is 14. The Labute approximate surface area is 254 Å². The van der Waals surface area contributed by atoms with E-state index in [0.29, 0.717) is 0 Å². The van der Waals surface area contributed by atoms with E-state index in [-0.39, 0.29) is 6.29 Å². The van der Waals surface area contributed by atoms with Gasteiger partial charge in [-0.1, -0.05) is 0 Å². The molecule has 21 nitrogen and oxygen atoms in total. The van der Waals surface area contributed by atoms with Crippen molar-refractivity contribution < 1.29 is 105 Å². The summed E-state index contributed by atoms with van der Waals surface area (Å²) in [5.74, 6) is 0. The van der Waals surface area contributed by atoms with Gasteiger partial charge in [0.2, 0.25) is 0 Å². The first kappa shape index (κ1) is 38.3. The lowest BCUT2D eigenvalue weighted by Crippen LogP contribution is -2.62. The summed E-state index contributed by atoms with van der Waals surface area (Å²) >= 11 is 0. The van der Waals surface area contributed by atoms with Gasteiger partial charge in [-0.25, -0.2) is 0 Å². The number of carbonyl (C=O) groups excluding carboxylic acids is 1. The summed E-state index contributed by atoms with van der Waals surface area (Å²) in [6, 6.07) is 0. The van der Waals surface area contributed by atoms with Crippen LogP contribution in [-0.4, -0.2) is 221 Å². The fourth-order valence-corrected chi connectivity index (χ4v) is 4.77. The largest absolute Gasteiger partial charge is 0.394 e. The van der Waals surface area contributed by atoms with Gasteiger partial charge in [-0.2, -0.15) is 0 Å². The Hall–Kier alpha value is -1.13. The second kappa shape index (κ2) is 16.8. The Bertz CT molecular complexity index is 899. The fraction of sp³-hybridized carbons (Fsp3) is 0.958. The van der Waals surface area contributed by atoms with E-state index in [9.17, 15) is 76.3 Å². The molecule has 3 saturated heterocycles. The van der Waals surface area contributed by atoms with Crippen LogP contribution in [0.2, 0.25) is 0 Å². The molecule has 3 rings (SSSR count). The van der Waals surface area contributed by atoms with Crippen molar-refractivity contribution in [1.82, 2.24) is 0 Å². The minimum atomic E-state index is -2.09. The molecule has 0 spiro atoms. The number of carbonyl (C=O) groups is 1. The summed E-state index contributed by atoms with van der Waals surface area (Å²) in [5, 5.41) is 140. The van der Waals surface area contributed by atoms with E-state index in [4.69, 9.17) is 28.4 Å². The summed E-state index contributed by atoms with van der Waals surface area (Å²) in [6.45, 7) is -2.97. The molecule has 45 heavy (non-hydrogen) atoms. The Balaban J connectivity index is 1.58. The summed E-state index contributed by atoms with van der Waals surface area (Å²) in [5.41, 5.74) is 0. The number of rotatable bonds is 14. The molecule has 0 aromatic rings. The zero-order valence-corrected chi connectivity index (χ0v) is 23.5. The van der Waals surface area contributed by atoms with Crippen LogP contribution in [-0.2, 0) is 33.2 Å². The molecule has 3 aliphatic rings. The SMILES string of the molecule is O=C[C@H](O)[C@@H](O)[C@H](O)[C@H](O)CO[C@H]1O[C@H](CO[C@H]2O[C@H](CO[C@H]3O[C@H](CO)[C@H](O)[C@H](O)[C@H]3O)[C@H](O)[C@H](O)[C@H]2O)[C@H](O)[C@H](O)[C@H]1O. The van der Waals surface area contributed by atoms with Crippen LogP contribution in [0, 0.1) is 0 Å². The Kier molecular flexibility index (Phi) is 14.3. The van der Waals surface area contributed by atoms with E-state index in [2.05, 4.69) is 0 Å². The molecule has 0 radical (unpaired) electrons. The van der Waals surface area contributed by atoms with Crippen LogP contribution in [0.5, 0.6) is 0 Å². The minimum Gasteiger partial charge on any atom is -0.394 e. The molecule has 21 heteroatoms. The lowest BCUT2D eigenvalue weighted by Gasteiger charge is -2.44. The third-order valence-electron chi connectivity index (χ3n) is 7.70. The number of aldehydes is 1. The standard InChI is InChI=1S/C24H42O21/c25-1-6(27)11(29)12(30)7(28)3-40-22-20(38)17(35)14(32)9(44-22)5-42-24-21(39)18(36)15(33)10(45-24)4-41-23-19(37)16(34)13(31)8(2-26)43-23/h1,6-24,26-39H,2-5H2/t6-,7+,8+,9+,10+,11+,12+,13-,14-,15-,16-,17-,18-,19+,20+,21+,22-,23-,24-/m0/s1. The van der Waals surface area contributed by atoms with E-state index in [0.717, 1.165) is 0 Å². The predicted octanol–water partition coefficient (Wildman–Crippen LogP) is -9.91. The van der Waals surface area contributed by atoms with Gasteiger partial charge in [-0.05, 0) is 0 Å². The Morgan fingerprint density at radius 1 is 0.533 bits per heavy atom. The maximum Gasteiger partial charge on any atom is 0.186 e. The molecule has 0 saturated carbocycles. The van der Waals surface area contributed by atoms with Gasteiger partial charge in [0.25, 0.3) is 0 Å². The van der Waals surface area contributed by atoms with E-state index in [1.54, 1.807) is 0 Å². The molecule has 0 bridgehead atoms. The van der Waals surface area contributed by atoms with Crippen molar-refractivity contribution in [3.8, 4) is 0 Å². The summed E-state index contributed by atoms with van der Waals surface area (Å²) in [7, 11) is 0. The van der Waals surface area contributed by atoms with E-state index >= 15 is 0 Å². The average molecular weight is 667 g/mol. The highest BCUT2D eigenvalue weighted by atomic mass is 16.7. The van der Waals surface area contributed by atoms with E-state index in [1.165, 1.54) is 0 Å². The quantitative estimate of drug-likeness (QED) is 0.0765. The molecular formula is C24H42O21. The number of aliphatic hydroxyl groups excluding tert-OH is 14. The van der Waals surface area contributed by atoms with Gasteiger partial charge in [0, 0.05) is 0 Å². The summed E-state index contributed by atoms with van der Waals surface area (Å²) in [4.78, 5) is 10.6. The maximum atomic E-state index is 10.6. The predicted molar refractivity (Wildman–Crippen MR) is 135 cm³/mol. The normalized spacial score (nSPS) is 45.4. The van der Waals surface area contributed by atoms with Crippen LogP contribution in [0.25, 0.3) is 0 Å². The van der Waals surface area contributed by atoms with Crippen LogP contribution in [0.15, 0.2) is 0 Å². The molecule has 264 valence electrons. The summed E-state index contributed by atoms with van der Waals surface area (Å²) in [6.07, 6.45) is -34.1. The van der Waals surface area contributed by atoms with Crippen molar-refractivity contribution in [1.29, 1.82) is 0 Å². The molecule has 3 aliphatic heterocycles. The smallest absolute Gasteiger partial charge is 0.186 e. The number of ether oxygens (including phenoxy) is 6. The van der Waals surface area contributed by atoms with Crippen molar-refractivity contribution in [2.24, 2.45) is 0 Å². The molecule has 0 amide bonds. The lowest BCUT2D eigenvalue weighted by molar-refractivity contribution is -0.343. The van der Waals surface area contributed by atoms with Crippen LogP contribution >= 0.6 is 0 Å². The first-order chi connectivity index (χ1) is 21.1. The van der Waals surface area contributed by atoms with Gasteiger partial charge in [-0.15, -0.1) is 0 Å². The monoisotopic (exact) mass is 666 g/mol. The van der Waals surface area contributed by atoms with Gasteiger partial charge in [0.15, 0.2) is 25.2 Å². The van der Waals surface area contributed by atoms with Crippen LogP contribution in [0.3, 0.4) is 0 Å². The highest BCUT2D eigenvalue weighted by Gasteiger charge is 2.49. The van der Waals surface area contributed by atoms with Gasteiger partial charge in [0.05, 0.1) is 26.4 Å². The molecule has 0 unspecified atom stereocenters.